The highest BCUT2D eigenvalue weighted by Gasteiger charge is 2.40. The number of hydrogen-bond acceptors (Lipinski definition) is 4. The van der Waals surface area contributed by atoms with Crippen LogP contribution in [0.25, 0.3) is 0 Å². The molecule has 3 aromatic carbocycles. The van der Waals surface area contributed by atoms with Gasteiger partial charge in [-0.15, -0.1) is 0 Å². The molecule has 0 radical (unpaired) electrons. The molecule has 0 saturated heterocycles. The lowest BCUT2D eigenvalue weighted by atomic mass is 9.99. The number of benzene rings is 3. The van der Waals surface area contributed by atoms with Gasteiger partial charge in [0.05, 0.1) is 20.8 Å². The topological polar surface area (TPSA) is 69.7 Å². The maximum absolute atomic E-state index is 13.1. The Kier molecular flexibility index (Phi) is 6.70. The molecule has 36 heavy (non-hydrogen) atoms. The molecule has 0 aromatic heterocycles. The van der Waals surface area contributed by atoms with Crippen LogP contribution in [0.15, 0.2) is 71.4 Å². The summed E-state index contributed by atoms with van der Waals surface area (Å²) in [7, 11) is 0. The van der Waals surface area contributed by atoms with Crippen LogP contribution < -0.4 is 10.2 Å². The van der Waals surface area contributed by atoms with Gasteiger partial charge in [-0.3, -0.25) is 14.4 Å². The second-order valence-electron chi connectivity index (χ2n) is 8.30. The van der Waals surface area contributed by atoms with Crippen LogP contribution in [0, 0.1) is 0 Å². The van der Waals surface area contributed by atoms with E-state index in [-0.39, 0.29) is 37.4 Å². The molecule has 0 saturated carbocycles. The van der Waals surface area contributed by atoms with Gasteiger partial charge >= 0.3 is 0 Å². The lowest BCUT2D eigenvalue weighted by molar-refractivity contribution is -0.120. The molecule has 3 aromatic rings. The van der Waals surface area contributed by atoms with Gasteiger partial charge in [-0.25, -0.2) is 4.90 Å². The highest BCUT2D eigenvalue weighted by atomic mass is 35.5. The van der Waals surface area contributed by atoms with Gasteiger partial charge in [0.1, 0.15) is 10.7 Å². The van der Waals surface area contributed by atoms with Crippen LogP contribution in [0.5, 0.6) is 0 Å². The number of nitrogens with zero attached hydrogens (tertiary/aromatic N) is 2. The zero-order valence-electron chi connectivity index (χ0n) is 18.5. The molecule has 0 bridgehead atoms. The molecule has 0 fully saturated rings. The number of fused-ring (bicyclic) bond motifs is 1. The first-order chi connectivity index (χ1) is 17.2. The van der Waals surface area contributed by atoms with Gasteiger partial charge in [0.2, 0.25) is 0 Å². The molecule has 1 N–H and O–H groups in total. The van der Waals surface area contributed by atoms with Crippen molar-refractivity contribution in [3.63, 3.8) is 0 Å². The smallest absolute Gasteiger partial charge is 0.283 e. The molecule has 182 valence electrons. The van der Waals surface area contributed by atoms with Crippen LogP contribution in [0.2, 0.25) is 15.1 Å². The summed E-state index contributed by atoms with van der Waals surface area (Å²) in [5, 5.41) is 2.97. The summed E-state index contributed by atoms with van der Waals surface area (Å²) >= 11 is 24.4. The number of amides is 3. The van der Waals surface area contributed by atoms with Gasteiger partial charge in [0, 0.05) is 24.3 Å². The molecule has 10 heteroatoms. The van der Waals surface area contributed by atoms with Gasteiger partial charge in [0.15, 0.2) is 0 Å². The number of imide groups is 1. The van der Waals surface area contributed by atoms with E-state index >= 15 is 0 Å². The van der Waals surface area contributed by atoms with Gasteiger partial charge in [0.25, 0.3) is 17.7 Å². The van der Waals surface area contributed by atoms with E-state index in [0.717, 1.165) is 16.9 Å². The molecule has 0 unspecified atom stereocenters. The largest absolute Gasteiger partial charge is 0.350 e. The Morgan fingerprint density at radius 1 is 0.806 bits per heavy atom. The van der Waals surface area contributed by atoms with Crippen LogP contribution in [0.1, 0.15) is 21.5 Å². The van der Waals surface area contributed by atoms with Crippen molar-refractivity contribution in [1.29, 1.82) is 0 Å². The number of carbonyl (C=O) groups excluding carboxylic acids is 3. The van der Waals surface area contributed by atoms with Crippen LogP contribution in [-0.4, -0.2) is 29.2 Å². The van der Waals surface area contributed by atoms with Crippen LogP contribution in [0.4, 0.5) is 11.4 Å². The number of hydrogen-bond donors (Lipinski definition) is 1. The second kappa shape index (κ2) is 9.79. The summed E-state index contributed by atoms with van der Waals surface area (Å²) in [6, 6.07) is 17.4. The molecule has 0 atom stereocenters. The molecule has 0 aliphatic carbocycles. The maximum atomic E-state index is 13.1. The Morgan fingerprint density at radius 3 is 2.19 bits per heavy atom. The number of rotatable bonds is 4. The molecule has 2 aliphatic rings. The van der Waals surface area contributed by atoms with Crippen molar-refractivity contribution in [1.82, 2.24) is 4.90 Å². The van der Waals surface area contributed by atoms with Crippen molar-refractivity contribution < 1.29 is 14.4 Å². The van der Waals surface area contributed by atoms with Gasteiger partial charge in [-0.1, -0.05) is 70.7 Å². The molecule has 0 spiro atoms. The maximum Gasteiger partial charge on any atom is 0.283 e. The van der Waals surface area contributed by atoms with Crippen molar-refractivity contribution in [2.24, 2.45) is 0 Å². The standard InChI is InChI=1S/C26H17Cl4N3O3/c27-18-11-20(29)21(12-19(18)28)33-25(35)22(30)23(26(33)36)31-17-7-5-15(6-8-17)24(34)32-10-9-14-3-1-2-4-16(14)13-32/h1-8,11-12,31H,9-10,13H2. The lowest BCUT2D eigenvalue weighted by Crippen LogP contribution is -2.35. The minimum absolute atomic E-state index is 0.0695. The summed E-state index contributed by atoms with van der Waals surface area (Å²) in [5.74, 6) is -1.53. The van der Waals surface area contributed by atoms with Crippen LogP contribution in [-0.2, 0) is 22.6 Å². The zero-order chi connectivity index (χ0) is 25.6. The zero-order valence-corrected chi connectivity index (χ0v) is 21.5. The normalized spacial score (nSPS) is 15.4. The molecular weight excluding hydrogens is 544 g/mol. The quantitative estimate of drug-likeness (QED) is 0.301. The fourth-order valence-corrected chi connectivity index (χ4v) is 5.04. The van der Waals surface area contributed by atoms with Crippen molar-refractivity contribution in [3.05, 3.63) is 103 Å². The predicted molar refractivity (Wildman–Crippen MR) is 142 cm³/mol. The third kappa shape index (κ3) is 4.46. The second-order valence-corrected chi connectivity index (χ2v) is 9.90. The Balaban J connectivity index is 1.32. The van der Waals surface area contributed by atoms with E-state index in [1.54, 1.807) is 24.3 Å². The minimum Gasteiger partial charge on any atom is -0.350 e. The van der Waals surface area contributed by atoms with E-state index in [1.807, 2.05) is 23.1 Å². The van der Waals surface area contributed by atoms with E-state index in [2.05, 4.69) is 11.4 Å². The highest BCUT2D eigenvalue weighted by Crippen LogP contribution is 2.38. The van der Waals surface area contributed by atoms with E-state index in [0.29, 0.717) is 24.3 Å². The first-order valence-corrected chi connectivity index (χ1v) is 12.4. The third-order valence-electron chi connectivity index (χ3n) is 6.08. The van der Waals surface area contributed by atoms with Crippen molar-refractivity contribution in [2.45, 2.75) is 13.0 Å². The summed E-state index contributed by atoms with van der Waals surface area (Å²) < 4.78 is 0. The van der Waals surface area contributed by atoms with Gasteiger partial charge in [-0.2, -0.15) is 0 Å². The lowest BCUT2D eigenvalue weighted by Gasteiger charge is -2.29. The molecule has 6 nitrogen and oxygen atoms in total. The van der Waals surface area contributed by atoms with Crippen LogP contribution in [0.3, 0.4) is 0 Å². The Hall–Kier alpha value is -3.03. The Morgan fingerprint density at radius 2 is 1.47 bits per heavy atom. The third-order valence-corrected chi connectivity index (χ3v) is 7.45. The number of nitrogens with one attached hydrogen (secondary N) is 1. The first kappa shape index (κ1) is 24.7. The summed E-state index contributed by atoms with van der Waals surface area (Å²) in [5.41, 5.74) is 3.35. The van der Waals surface area contributed by atoms with E-state index in [4.69, 9.17) is 46.4 Å². The van der Waals surface area contributed by atoms with Crippen LogP contribution >= 0.6 is 46.4 Å². The SMILES string of the molecule is O=C(c1ccc(NC2=C(Cl)C(=O)N(c3cc(Cl)c(Cl)cc3Cl)C2=O)cc1)N1CCc2ccccc2C1. The first-order valence-electron chi connectivity index (χ1n) is 10.9. The number of carbonyl (C=O) groups is 3. The Bertz CT molecular complexity index is 1450. The predicted octanol–water partition coefficient (Wildman–Crippen LogP) is 6.28. The molecule has 3 amide bonds. The fourth-order valence-electron chi connectivity index (χ4n) is 4.21. The van der Waals surface area contributed by atoms with Gasteiger partial charge in [-0.05, 0) is 53.9 Å². The monoisotopic (exact) mass is 559 g/mol. The average molecular weight is 561 g/mol. The van der Waals surface area contributed by atoms with E-state index < -0.39 is 11.8 Å². The van der Waals surface area contributed by atoms with Crippen molar-refractivity contribution >= 4 is 75.5 Å². The summed E-state index contributed by atoms with van der Waals surface area (Å²) in [4.78, 5) is 41.5. The van der Waals surface area contributed by atoms with Crippen molar-refractivity contribution in [3.8, 4) is 0 Å². The fraction of sp³-hybridized carbons (Fsp3) is 0.115. The molecular formula is C26H17Cl4N3O3. The summed E-state index contributed by atoms with van der Waals surface area (Å²) in [6.45, 7) is 1.20. The molecule has 2 aliphatic heterocycles. The highest BCUT2D eigenvalue weighted by molar-refractivity contribution is 6.54. The van der Waals surface area contributed by atoms with Gasteiger partial charge < -0.3 is 10.2 Å². The molecule has 5 rings (SSSR count). The Labute approximate surface area is 227 Å². The van der Waals surface area contributed by atoms with E-state index in [1.165, 1.54) is 17.7 Å². The van der Waals surface area contributed by atoms with Crippen molar-refractivity contribution in [2.75, 3.05) is 16.8 Å². The molecule has 2 heterocycles. The number of anilines is 2. The summed E-state index contributed by atoms with van der Waals surface area (Å²) in [6.07, 6.45) is 0.809. The van der Waals surface area contributed by atoms with E-state index in [9.17, 15) is 14.4 Å². The number of halogens is 4. The average Bonchev–Trinajstić information content (AvgIpc) is 3.09. The minimum atomic E-state index is -0.748.